The Labute approximate surface area is 202 Å². The lowest BCUT2D eigenvalue weighted by Gasteiger charge is -2.31. The normalized spacial score (nSPS) is 15.4. The van der Waals surface area contributed by atoms with Gasteiger partial charge in [-0.2, -0.15) is 0 Å². The summed E-state index contributed by atoms with van der Waals surface area (Å²) >= 11 is 0. The first kappa shape index (κ1) is 25.7. The minimum atomic E-state index is -0.749. The number of nitrogens with one attached hydrogen (secondary N) is 1. The highest BCUT2D eigenvalue weighted by molar-refractivity contribution is 5.88. The van der Waals surface area contributed by atoms with Crippen LogP contribution in [0.2, 0.25) is 0 Å². The molecule has 0 bridgehead atoms. The maximum absolute atomic E-state index is 14.4. The highest BCUT2D eigenvalue weighted by atomic mass is 19.1. The van der Waals surface area contributed by atoms with Gasteiger partial charge in [0.25, 0.3) is 5.91 Å². The molecule has 1 fully saturated rings. The first-order valence-corrected chi connectivity index (χ1v) is 12.2. The lowest BCUT2D eigenvalue weighted by atomic mass is 9.87. The molecule has 1 N–H and O–H groups in total. The lowest BCUT2D eigenvalue weighted by molar-refractivity contribution is -0.142. The van der Waals surface area contributed by atoms with Crippen molar-refractivity contribution in [2.45, 2.75) is 83.8 Å². The van der Waals surface area contributed by atoms with Crippen LogP contribution in [0.4, 0.5) is 4.39 Å². The second-order valence-corrected chi connectivity index (χ2v) is 10.2. The molecule has 0 heterocycles. The van der Waals surface area contributed by atoms with Crippen molar-refractivity contribution in [1.82, 2.24) is 10.2 Å². The molecule has 1 atom stereocenters. The number of halogens is 1. The Kier molecular flexibility index (Phi) is 8.70. The number of hydrogen-bond acceptors (Lipinski definition) is 3. The third-order valence-corrected chi connectivity index (χ3v) is 6.50. The van der Waals surface area contributed by atoms with Gasteiger partial charge < -0.3 is 15.0 Å². The quantitative estimate of drug-likeness (QED) is 0.567. The summed E-state index contributed by atoms with van der Waals surface area (Å²) < 4.78 is 20.1. The summed E-state index contributed by atoms with van der Waals surface area (Å²) in [6, 6.07) is 13.4. The maximum atomic E-state index is 14.4. The molecule has 184 valence electrons. The fourth-order valence-corrected chi connectivity index (χ4v) is 4.24. The fraction of sp³-hybridized carbons (Fsp3) is 0.500. The van der Waals surface area contributed by atoms with E-state index in [4.69, 9.17) is 4.74 Å². The Balaban J connectivity index is 1.70. The van der Waals surface area contributed by atoms with Crippen LogP contribution in [0.25, 0.3) is 0 Å². The van der Waals surface area contributed by atoms with Crippen molar-refractivity contribution in [2.24, 2.45) is 0 Å². The number of amides is 2. The average Bonchev–Trinajstić information content (AvgIpc) is 2.82. The van der Waals surface area contributed by atoms with Crippen LogP contribution in [0, 0.1) is 5.82 Å². The molecule has 2 amide bonds. The van der Waals surface area contributed by atoms with E-state index in [1.54, 1.807) is 25.1 Å². The van der Waals surface area contributed by atoms with E-state index in [-0.39, 0.29) is 36.4 Å². The largest absolute Gasteiger partial charge is 0.484 e. The predicted molar refractivity (Wildman–Crippen MR) is 132 cm³/mol. The van der Waals surface area contributed by atoms with Gasteiger partial charge in [0.15, 0.2) is 6.61 Å². The van der Waals surface area contributed by atoms with Gasteiger partial charge in [0.2, 0.25) is 5.91 Å². The van der Waals surface area contributed by atoms with Gasteiger partial charge in [-0.3, -0.25) is 9.59 Å². The molecule has 2 aromatic carbocycles. The van der Waals surface area contributed by atoms with E-state index in [9.17, 15) is 14.0 Å². The zero-order valence-corrected chi connectivity index (χ0v) is 20.8. The van der Waals surface area contributed by atoms with Crippen molar-refractivity contribution in [3.63, 3.8) is 0 Å². The van der Waals surface area contributed by atoms with Gasteiger partial charge in [0.1, 0.15) is 17.6 Å². The molecule has 34 heavy (non-hydrogen) atoms. The number of nitrogens with zero attached hydrogens (tertiary/aromatic N) is 1. The summed E-state index contributed by atoms with van der Waals surface area (Å²) in [5.74, 6) is -0.411. The van der Waals surface area contributed by atoms with Gasteiger partial charge in [-0.1, -0.05) is 70.4 Å². The highest BCUT2D eigenvalue weighted by Crippen LogP contribution is 2.24. The van der Waals surface area contributed by atoms with E-state index in [1.165, 1.54) is 23.0 Å². The average molecular weight is 469 g/mol. The van der Waals surface area contributed by atoms with Crippen LogP contribution < -0.4 is 10.1 Å². The van der Waals surface area contributed by atoms with Crippen LogP contribution in [0.1, 0.15) is 70.9 Å². The topological polar surface area (TPSA) is 58.6 Å². The molecule has 1 saturated carbocycles. The fourth-order valence-electron chi connectivity index (χ4n) is 4.24. The molecule has 6 heteroatoms. The van der Waals surface area contributed by atoms with Gasteiger partial charge in [-0.05, 0) is 48.9 Å². The predicted octanol–water partition coefficient (Wildman–Crippen LogP) is 5.37. The van der Waals surface area contributed by atoms with Gasteiger partial charge >= 0.3 is 0 Å². The van der Waals surface area contributed by atoms with Crippen molar-refractivity contribution in [3.8, 4) is 5.75 Å². The number of carbonyl (C=O) groups is 2. The third kappa shape index (κ3) is 7.05. The third-order valence-electron chi connectivity index (χ3n) is 6.50. The van der Waals surface area contributed by atoms with Gasteiger partial charge in [0, 0.05) is 18.2 Å². The number of benzene rings is 2. The monoisotopic (exact) mass is 468 g/mol. The Morgan fingerprint density at radius 1 is 1.06 bits per heavy atom. The first-order valence-electron chi connectivity index (χ1n) is 12.2. The standard InChI is InChI=1S/C28H37FN2O3/c1-20(27(33)30-23-11-6-5-7-12-23)31(18-21-10-8-9-13-25(21)29)26(32)19-34-24-16-14-22(15-17-24)28(2,3)4/h8-10,13-17,20,23H,5-7,11-12,18-19H2,1-4H3,(H,30,33). The van der Waals surface area contributed by atoms with E-state index < -0.39 is 11.9 Å². The number of rotatable bonds is 8. The Bertz CT molecular complexity index is 962. The summed E-state index contributed by atoms with van der Waals surface area (Å²) in [4.78, 5) is 27.6. The summed E-state index contributed by atoms with van der Waals surface area (Å²) in [7, 11) is 0. The summed E-state index contributed by atoms with van der Waals surface area (Å²) in [6.45, 7) is 7.85. The smallest absolute Gasteiger partial charge is 0.261 e. The van der Waals surface area contributed by atoms with Crippen molar-refractivity contribution in [3.05, 3.63) is 65.5 Å². The zero-order valence-electron chi connectivity index (χ0n) is 20.8. The summed E-state index contributed by atoms with van der Waals surface area (Å²) in [6.07, 6.45) is 5.28. The van der Waals surface area contributed by atoms with Crippen molar-refractivity contribution in [1.29, 1.82) is 0 Å². The van der Waals surface area contributed by atoms with E-state index in [0.717, 1.165) is 25.7 Å². The number of carbonyl (C=O) groups excluding carboxylic acids is 2. The van der Waals surface area contributed by atoms with E-state index in [0.29, 0.717) is 11.3 Å². The van der Waals surface area contributed by atoms with Crippen LogP contribution in [0.3, 0.4) is 0 Å². The van der Waals surface area contributed by atoms with Gasteiger partial charge in [-0.15, -0.1) is 0 Å². The van der Waals surface area contributed by atoms with Crippen molar-refractivity contribution < 1.29 is 18.7 Å². The van der Waals surface area contributed by atoms with E-state index >= 15 is 0 Å². The number of ether oxygens (including phenoxy) is 1. The van der Waals surface area contributed by atoms with E-state index in [2.05, 4.69) is 26.1 Å². The summed E-state index contributed by atoms with van der Waals surface area (Å²) in [5, 5.41) is 3.08. The molecule has 1 aliphatic carbocycles. The van der Waals surface area contributed by atoms with Crippen LogP contribution in [-0.4, -0.2) is 35.4 Å². The first-order chi connectivity index (χ1) is 16.1. The molecule has 0 aliphatic heterocycles. The minimum absolute atomic E-state index is 0.00289. The van der Waals surface area contributed by atoms with Crippen LogP contribution in [0.15, 0.2) is 48.5 Å². The molecule has 1 aliphatic rings. The van der Waals surface area contributed by atoms with E-state index in [1.807, 2.05) is 24.3 Å². The minimum Gasteiger partial charge on any atom is -0.484 e. The molecule has 0 aromatic heterocycles. The zero-order chi connectivity index (χ0) is 24.7. The molecule has 0 spiro atoms. The molecule has 2 aromatic rings. The second-order valence-electron chi connectivity index (χ2n) is 10.2. The lowest BCUT2D eigenvalue weighted by Crippen LogP contribution is -2.51. The molecule has 1 unspecified atom stereocenters. The summed E-state index contributed by atoms with van der Waals surface area (Å²) in [5.41, 5.74) is 1.55. The second kappa shape index (κ2) is 11.5. The molecular weight excluding hydrogens is 431 g/mol. The molecule has 0 saturated heterocycles. The SMILES string of the molecule is CC(C(=O)NC1CCCCC1)N(Cc1ccccc1F)C(=O)COc1ccc(C(C)(C)C)cc1. The number of hydrogen-bond donors (Lipinski definition) is 1. The highest BCUT2D eigenvalue weighted by Gasteiger charge is 2.29. The molecule has 0 radical (unpaired) electrons. The molecular formula is C28H37FN2O3. The van der Waals surface area contributed by atoms with Gasteiger partial charge in [-0.25, -0.2) is 4.39 Å². The molecule has 3 rings (SSSR count). The Hall–Kier alpha value is -2.89. The van der Waals surface area contributed by atoms with Crippen molar-refractivity contribution >= 4 is 11.8 Å². The van der Waals surface area contributed by atoms with Crippen LogP contribution >= 0.6 is 0 Å². The van der Waals surface area contributed by atoms with Crippen LogP contribution in [-0.2, 0) is 21.5 Å². The van der Waals surface area contributed by atoms with Crippen molar-refractivity contribution in [2.75, 3.05) is 6.61 Å². The Morgan fingerprint density at radius 2 is 1.71 bits per heavy atom. The van der Waals surface area contributed by atoms with Gasteiger partial charge in [0.05, 0.1) is 0 Å². The van der Waals surface area contributed by atoms with Crippen LogP contribution in [0.5, 0.6) is 5.75 Å². The Morgan fingerprint density at radius 3 is 2.32 bits per heavy atom. The maximum Gasteiger partial charge on any atom is 0.261 e. The molecule has 5 nitrogen and oxygen atoms in total.